The molecule has 2 aliphatic heterocycles. The summed E-state index contributed by atoms with van der Waals surface area (Å²) < 4.78 is 18.4. The van der Waals surface area contributed by atoms with E-state index in [9.17, 15) is 0 Å². The predicted molar refractivity (Wildman–Crippen MR) is 95.9 cm³/mol. The molecule has 0 amide bonds. The van der Waals surface area contributed by atoms with Gasteiger partial charge in [-0.1, -0.05) is 44.2 Å². The van der Waals surface area contributed by atoms with Gasteiger partial charge >= 0.3 is 0 Å². The zero-order valence-electron chi connectivity index (χ0n) is 15.4. The molecule has 3 rings (SSSR count). The van der Waals surface area contributed by atoms with E-state index in [-0.39, 0.29) is 17.3 Å². The Hall–Kier alpha value is -1.16. The van der Waals surface area contributed by atoms with Gasteiger partial charge in [0.15, 0.2) is 0 Å². The molecule has 1 saturated heterocycles. The number of hydrogen-bond acceptors (Lipinski definition) is 3. The van der Waals surface area contributed by atoms with Crippen LogP contribution in [-0.4, -0.2) is 30.5 Å². The summed E-state index contributed by atoms with van der Waals surface area (Å²) in [4.78, 5) is 0. The van der Waals surface area contributed by atoms with Crippen LogP contribution in [0.1, 0.15) is 46.1 Å². The van der Waals surface area contributed by atoms with Crippen LogP contribution in [0.5, 0.6) is 0 Å². The van der Waals surface area contributed by atoms with Crippen LogP contribution in [0.25, 0.3) is 0 Å². The standard InChI is InChI=1S/C21H30O3/c1-16(2)21(11-13-22-15-17-8-6-5-7-9-17)14-18-19(24-21)10-12-23-20(18,3)4/h5-9,14,16,19H,10-13,15H2,1-4H3/t19-,21+/m0/s1. The van der Waals surface area contributed by atoms with E-state index in [1.165, 1.54) is 11.1 Å². The minimum atomic E-state index is -0.234. The van der Waals surface area contributed by atoms with Gasteiger partial charge in [0.1, 0.15) is 0 Å². The van der Waals surface area contributed by atoms with Crippen molar-refractivity contribution in [2.45, 2.75) is 64.4 Å². The maximum absolute atomic E-state index is 6.55. The molecule has 2 atom stereocenters. The fourth-order valence-electron chi connectivity index (χ4n) is 3.72. The zero-order chi connectivity index (χ0) is 17.2. The van der Waals surface area contributed by atoms with Gasteiger partial charge in [0.05, 0.1) is 37.1 Å². The van der Waals surface area contributed by atoms with E-state index in [0.717, 1.165) is 19.4 Å². The van der Waals surface area contributed by atoms with Crippen molar-refractivity contribution in [1.82, 2.24) is 0 Å². The van der Waals surface area contributed by atoms with Gasteiger partial charge in [0, 0.05) is 12.8 Å². The van der Waals surface area contributed by atoms with Gasteiger partial charge < -0.3 is 14.2 Å². The van der Waals surface area contributed by atoms with Gasteiger partial charge in [-0.05, 0) is 37.0 Å². The van der Waals surface area contributed by atoms with Crippen LogP contribution in [0, 0.1) is 5.92 Å². The van der Waals surface area contributed by atoms with Gasteiger partial charge in [-0.2, -0.15) is 0 Å². The highest BCUT2D eigenvalue weighted by Gasteiger charge is 2.48. The summed E-state index contributed by atoms with van der Waals surface area (Å²) in [6.07, 6.45) is 4.38. The Balaban J connectivity index is 1.64. The molecule has 0 saturated carbocycles. The van der Waals surface area contributed by atoms with E-state index >= 15 is 0 Å². The lowest BCUT2D eigenvalue weighted by molar-refractivity contribution is -0.111. The summed E-state index contributed by atoms with van der Waals surface area (Å²) in [7, 11) is 0. The Kier molecular flexibility index (Phi) is 5.14. The first-order valence-corrected chi connectivity index (χ1v) is 9.10. The summed E-state index contributed by atoms with van der Waals surface area (Å²) in [5.74, 6) is 0.409. The fraction of sp³-hybridized carbons (Fsp3) is 0.619. The third-order valence-corrected chi connectivity index (χ3v) is 5.37. The fourth-order valence-corrected chi connectivity index (χ4v) is 3.72. The van der Waals surface area contributed by atoms with Crippen LogP contribution in [0.2, 0.25) is 0 Å². The third kappa shape index (κ3) is 3.58. The second kappa shape index (κ2) is 6.99. The van der Waals surface area contributed by atoms with Gasteiger partial charge in [0.2, 0.25) is 0 Å². The molecule has 0 radical (unpaired) electrons. The summed E-state index contributed by atoms with van der Waals surface area (Å²) in [5.41, 5.74) is 2.07. The van der Waals surface area contributed by atoms with Crippen molar-refractivity contribution >= 4 is 0 Å². The minimum Gasteiger partial charge on any atom is -0.377 e. The molecular weight excluding hydrogens is 300 g/mol. The van der Waals surface area contributed by atoms with Crippen LogP contribution in [0.4, 0.5) is 0 Å². The normalized spacial score (nSPS) is 28.7. The van der Waals surface area contributed by atoms with Gasteiger partial charge in [-0.15, -0.1) is 0 Å². The molecule has 0 N–H and O–H groups in total. The topological polar surface area (TPSA) is 27.7 Å². The molecule has 0 spiro atoms. The largest absolute Gasteiger partial charge is 0.377 e. The highest BCUT2D eigenvalue weighted by molar-refractivity contribution is 5.31. The number of rotatable bonds is 6. The molecule has 0 aliphatic carbocycles. The quantitative estimate of drug-likeness (QED) is 0.567. The Bertz CT molecular complexity index is 576. The summed E-state index contributed by atoms with van der Waals surface area (Å²) in [6, 6.07) is 10.3. The van der Waals surface area contributed by atoms with Gasteiger partial charge in [-0.3, -0.25) is 0 Å². The van der Waals surface area contributed by atoms with E-state index in [4.69, 9.17) is 14.2 Å². The van der Waals surface area contributed by atoms with Crippen molar-refractivity contribution in [3.63, 3.8) is 0 Å². The second-order valence-corrected chi connectivity index (χ2v) is 7.75. The molecule has 3 heteroatoms. The molecule has 0 bridgehead atoms. The van der Waals surface area contributed by atoms with Crippen LogP contribution in [0.15, 0.2) is 42.0 Å². The number of ether oxygens (including phenoxy) is 3. The Morgan fingerprint density at radius 3 is 2.62 bits per heavy atom. The molecule has 132 valence electrons. The molecule has 2 heterocycles. The maximum Gasteiger partial charge on any atom is 0.0919 e. The van der Waals surface area contributed by atoms with Crippen molar-refractivity contribution in [3.8, 4) is 0 Å². The van der Waals surface area contributed by atoms with Crippen molar-refractivity contribution in [1.29, 1.82) is 0 Å². The first kappa shape index (κ1) is 17.7. The molecule has 1 fully saturated rings. The second-order valence-electron chi connectivity index (χ2n) is 7.75. The van der Waals surface area contributed by atoms with E-state index < -0.39 is 0 Å². The molecule has 24 heavy (non-hydrogen) atoms. The van der Waals surface area contributed by atoms with Crippen molar-refractivity contribution in [2.24, 2.45) is 5.92 Å². The number of fused-ring (bicyclic) bond motifs is 1. The number of benzene rings is 1. The van der Waals surface area contributed by atoms with Crippen molar-refractivity contribution in [2.75, 3.05) is 13.2 Å². The Morgan fingerprint density at radius 2 is 1.96 bits per heavy atom. The maximum atomic E-state index is 6.55. The minimum absolute atomic E-state index is 0.199. The monoisotopic (exact) mass is 330 g/mol. The van der Waals surface area contributed by atoms with E-state index in [1.807, 2.05) is 18.2 Å². The van der Waals surface area contributed by atoms with Crippen LogP contribution >= 0.6 is 0 Å². The van der Waals surface area contributed by atoms with E-state index in [0.29, 0.717) is 19.1 Å². The lowest BCUT2D eigenvalue weighted by atomic mass is 9.83. The highest BCUT2D eigenvalue weighted by atomic mass is 16.5. The number of hydrogen-bond donors (Lipinski definition) is 0. The van der Waals surface area contributed by atoms with Crippen LogP contribution < -0.4 is 0 Å². The SMILES string of the molecule is CC(C)[C@@]1(CCOCc2ccccc2)C=C2[C@H](CCOC2(C)C)O1. The summed E-state index contributed by atoms with van der Waals surface area (Å²) in [5, 5.41) is 0. The Morgan fingerprint density at radius 1 is 1.21 bits per heavy atom. The molecule has 0 aromatic heterocycles. The molecule has 1 aromatic carbocycles. The molecule has 0 unspecified atom stereocenters. The van der Waals surface area contributed by atoms with E-state index in [2.05, 4.69) is 45.9 Å². The Labute approximate surface area is 146 Å². The lowest BCUT2D eigenvalue weighted by Gasteiger charge is -2.36. The van der Waals surface area contributed by atoms with Gasteiger partial charge in [0.25, 0.3) is 0 Å². The average molecular weight is 330 g/mol. The van der Waals surface area contributed by atoms with Crippen molar-refractivity contribution < 1.29 is 14.2 Å². The summed E-state index contributed by atoms with van der Waals surface area (Å²) in [6.45, 7) is 10.9. The average Bonchev–Trinajstić information content (AvgIpc) is 2.94. The first-order chi connectivity index (χ1) is 11.4. The zero-order valence-corrected chi connectivity index (χ0v) is 15.4. The molecule has 1 aromatic rings. The predicted octanol–water partition coefficient (Wildman–Crippen LogP) is 4.51. The highest BCUT2D eigenvalue weighted by Crippen LogP contribution is 2.45. The van der Waals surface area contributed by atoms with Crippen molar-refractivity contribution in [3.05, 3.63) is 47.5 Å². The lowest BCUT2D eigenvalue weighted by Crippen LogP contribution is -2.40. The van der Waals surface area contributed by atoms with Crippen LogP contribution in [0.3, 0.4) is 0 Å². The van der Waals surface area contributed by atoms with Gasteiger partial charge in [-0.25, -0.2) is 0 Å². The first-order valence-electron chi connectivity index (χ1n) is 9.10. The van der Waals surface area contributed by atoms with E-state index in [1.54, 1.807) is 0 Å². The molecule has 3 nitrogen and oxygen atoms in total. The molecule has 2 aliphatic rings. The molecular formula is C21H30O3. The summed E-state index contributed by atoms with van der Waals surface area (Å²) >= 11 is 0. The third-order valence-electron chi connectivity index (χ3n) is 5.37. The smallest absolute Gasteiger partial charge is 0.0919 e. The van der Waals surface area contributed by atoms with Crippen LogP contribution in [-0.2, 0) is 20.8 Å².